The van der Waals surface area contributed by atoms with E-state index in [1.54, 1.807) is 12.2 Å². The van der Waals surface area contributed by atoms with Crippen molar-refractivity contribution >= 4 is 66.8 Å². The van der Waals surface area contributed by atoms with E-state index in [9.17, 15) is 14.0 Å². The van der Waals surface area contributed by atoms with Gasteiger partial charge in [0.05, 0.1) is 8.52 Å². The first-order valence-corrected chi connectivity index (χ1v) is 18.8. The number of alkyl halides is 1. The number of hydrogen-bond donors (Lipinski definition) is 0. The lowest BCUT2D eigenvalue weighted by atomic mass is 9.86. The second-order valence-corrected chi connectivity index (χ2v) is 14.1. The third-order valence-electron chi connectivity index (χ3n) is 10.6. The van der Waals surface area contributed by atoms with Gasteiger partial charge in [-0.25, -0.2) is 0 Å². The Morgan fingerprint density at radius 3 is 1.23 bits per heavy atom. The van der Waals surface area contributed by atoms with Gasteiger partial charge in [-0.2, -0.15) is 0 Å². The molecule has 0 aromatic heterocycles. The maximum absolute atomic E-state index is 12.7. The molecule has 4 heteroatoms. The Bertz CT molecular complexity index is 2550. The highest BCUT2D eigenvalue weighted by Gasteiger charge is 2.34. The molecule has 1 aliphatic heterocycles. The van der Waals surface area contributed by atoms with E-state index in [1.807, 2.05) is 48.6 Å². The summed E-state index contributed by atoms with van der Waals surface area (Å²) in [5.74, 6) is 0.320. The van der Waals surface area contributed by atoms with Crippen molar-refractivity contribution < 1.29 is 15.4 Å². The molecule has 3 nitrogen and oxygen atoms in total. The molecule has 0 amide bonds. The van der Waals surface area contributed by atoms with Gasteiger partial charge in [0, 0.05) is 24.9 Å². The summed E-state index contributed by atoms with van der Waals surface area (Å²) in [5, 5.41) is 9.69. The molecular formula is C52H44FNO2. The Labute approximate surface area is 329 Å². The monoisotopic (exact) mass is 734 g/mol. The number of nitrogens with zero attached hydrogens (tertiary/aromatic N) is 1. The molecule has 1 saturated heterocycles. The van der Waals surface area contributed by atoms with Crippen LogP contribution in [0.3, 0.4) is 0 Å². The zero-order valence-electron chi connectivity index (χ0n) is 32.4. The van der Waals surface area contributed by atoms with Crippen LogP contribution in [-0.4, -0.2) is 30.7 Å². The van der Waals surface area contributed by atoms with Crippen LogP contribution >= 0.6 is 0 Å². The number of likely N-dealkylation sites (tertiary alicyclic amines) is 1. The molecule has 8 aromatic rings. The standard InChI is InChI=1S/C26H23NO.C25H18O.CH3F/c1-27-25(22-12-10-18-6-2-4-8-20(18)14-22)16-24(28)17-26(27)23-13-11-19-7-3-5-9-21(19)15-23;26-25(15-11-19-9-13-21-5-1-3-7-23(21)17-19)16-12-20-10-14-22-6-2-4-8-24(22)18-20;1-2/h2-15,25-26H,16-17H2,1H3;1-18H;1H3/b;15-11+,16-12+;/i;;1D. The predicted molar refractivity (Wildman–Crippen MR) is 233 cm³/mol. The summed E-state index contributed by atoms with van der Waals surface area (Å²) in [4.78, 5) is 27.2. The number of hydrogen-bond acceptors (Lipinski definition) is 3. The van der Waals surface area contributed by atoms with E-state index in [4.69, 9.17) is 1.37 Å². The number of ketones is 2. The first kappa shape index (κ1) is 36.5. The molecule has 1 heterocycles. The molecule has 0 radical (unpaired) electrons. The van der Waals surface area contributed by atoms with Crippen molar-refractivity contribution in [3.63, 3.8) is 0 Å². The Morgan fingerprint density at radius 1 is 0.536 bits per heavy atom. The molecule has 0 bridgehead atoms. The van der Waals surface area contributed by atoms with E-state index in [2.05, 4.69) is 145 Å². The zero-order valence-corrected chi connectivity index (χ0v) is 31.4. The van der Waals surface area contributed by atoms with E-state index in [-0.39, 0.29) is 17.9 Å². The van der Waals surface area contributed by atoms with E-state index in [1.165, 1.54) is 54.2 Å². The van der Waals surface area contributed by atoms with Gasteiger partial charge in [0.2, 0.25) is 0 Å². The summed E-state index contributed by atoms with van der Waals surface area (Å²) in [6.45, 7) is 0. The summed E-state index contributed by atoms with van der Waals surface area (Å²) in [6, 6.07) is 59.0. The van der Waals surface area contributed by atoms with Crippen molar-refractivity contribution in [3.05, 3.63) is 204 Å². The molecule has 2 atom stereocenters. The van der Waals surface area contributed by atoms with Crippen molar-refractivity contribution in [1.29, 1.82) is 0 Å². The molecule has 0 saturated carbocycles. The number of piperidine rings is 1. The number of rotatable bonds is 6. The fourth-order valence-corrected chi connectivity index (χ4v) is 7.59. The van der Waals surface area contributed by atoms with Gasteiger partial charge in [0.1, 0.15) is 5.78 Å². The minimum Gasteiger partial charge on any atom is -0.300 e. The smallest absolute Gasteiger partial charge is 0.178 e. The third kappa shape index (κ3) is 8.89. The number of benzene rings is 8. The van der Waals surface area contributed by atoms with Gasteiger partial charge in [-0.15, -0.1) is 0 Å². The highest BCUT2D eigenvalue weighted by atomic mass is 19.1. The summed E-state index contributed by atoms with van der Waals surface area (Å²) >= 11 is 0. The van der Waals surface area contributed by atoms with Gasteiger partial charge in [0.25, 0.3) is 0 Å². The van der Waals surface area contributed by atoms with Crippen LogP contribution in [0.4, 0.5) is 4.39 Å². The Morgan fingerprint density at radius 2 is 0.857 bits per heavy atom. The second-order valence-electron chi connectivity index (χ2n) is 14.1. The van der Waals surface area contributed by atoms with Crippen molar-refractivity contribution in [1.82, 2.24) is 4.90 Å². The first-order chi connectivity index (χ1) is 27.9. The van der Waals surface area contributed by atoms with Gasteiger partial charge in [-0.05, 0) is 109 Å². The summed E-state index contributed by atoms with van der Waals surface area (Å²) in [5.41, 5.74) is 4.49. The number of allylic oxidation sites excluding steroid dienone is 2. The molecule has 0 spiro atoms. The van der Waals surface area contributed by atoms with Gasteiger partial charge in [-0.3, -0.25) is 18.9 Å². The van der Waals surface area contributed by atoms with Gasteiger partial charge < -0.3 is 0 Å². The molecule has 8 aromatic carbocycles. The lowest BCUT2D eigenvalue weighted by Gasteiger charge is -2.39. The zero-order chi connectivity index (χ0) is 39.6. The molecule has 9 rings (SSSR count). The minimum atomic E-state index is -1.00. The fourth-order valence-electron chi connectivity index (χ4n) is 7.59. The molecular weight excluding hydrogens is 690 g/mol. The maximum Gasteiger partial charge on any atom is 0.178 e. The number of halogens is 1. The average Bonchev–Trinajstić information content (AvgIpc) is 3.25. The van der Waals surface area contributed by atoms with E-state index >= 15 is 0 Å². The number of carbonyl (C=O) groups is 2. The van der Waals surface area contributed by atoms with Crippen LogP contribution in [0.5, 0.6) is 0 Å². The van der Waals surface area contributed by atoms with E-state index in [0.29, 0.717) is 18.6 Å². The van der Waals surface area contributed by atoms with Crippen molar-refractivity contribution in [2.75, 3.05) is 14.2 Å². The minimum absolute atomic E-state index is 0.0219. The molecule has 1 aliphatic rings. The van der Waals surface area contributed by atoms with Crippen LogP contribution in [0.1, 0.15) is 48.5 Å². The first-order valence-electron chi connectivity index (χ1n) is 19.5. The maximum atomic E-state index is 12.7. The molecule has 276 valence electrons. The highest BCUT2D eigenvalue weighted by Crippen LogP contribution is 2.40. The number of fused-ring (bicyclic) bond motifs is 4. The van der Waals surface area contributed by atoms with Crippen LogP contribution in [0, 0.1) is 0 Å². The largest absolute Gasteiger partial charge is 0.300 e. The predicted octanol–water partition coefficient (Wildman–Crippen LogP) is 12.9. The third-order valence-corrected chi connectivity index (χ3v) is 10.6. The second kappa shape index (κ2) is 17.8. The van der Waals surface area contributed by atoms with Crippen LogP contribution in [0.25, 0.3) is 55.2 Å². The molecule has 0 N–H and O–H groups in total. The molecule has 1 fully saturated rings. The highest BCUT2D eigenvalue weighted by molar-refractivity contribution is 6.05. The average molecular weight is 735 g/mol. The quantitative estimate of drug-likeness (QED) is 0.160. The van der Waals surface area contributed by atoms with Crippen molar-refractivity contribution in [2.24, 2.45) is 0 Å². The van der Waals surface area contributed by atoms with Crippen LogP contribution in [0.15, 0.2) is 182 Å². The Balaban J connectivity index is 0.000000163. The summed E-state index contributed by atoms with van der Waals surface area (Å²) in [7, 11) is 1.16. The SMILES string of the molecule is CN1C(c2ccc3ccccc3c2)CC(=O)CC1c1ccc2ccccc2c1.O=C(/C=C/c1ccc2ccccc2c1)/C=C/c1ccc2ccccc2c1.[2H]CF. The van der Waals surface area contributed by atoms with Gasteiger partial charge in [-0.1, -0.05) is 158 Å². The molecule has 0 aliphatic carbocycles. The molecule has 56 heavy (non-hydrogen) atoms. The van der Waals surface area contributed by atoms with Crippen molar-refractivity contribution in [2.45, 2.75) is 24.9 Å². The van der Waals surface area contributed by atoms with Crippen molar-refractivity contribution in [3.8, 4) is 0 Å². The number of Topliss-reactive ketones (excluding diaryl/α,β-unsaturated/α-hetero) is 1. The lowest BCUT2D eigenvalue weighted by molar-refractivity contribution is -0.125. The van der Waals surface area contributed by atoms with Gasteiger partial charge in [0.15, 0.2) is 5.78 Å². The fraction of sp³-hybridized carbons (Fsp3) is 0.115. The number of carbonyl (C=O) groups excluding carboxylic acids is 2. The van der Waals surface area contributed by atoms with E-state index < -0.39 is 7.15 Å². The topological polar surface area (TPSA) is 37.4 Å². The van der Waals surface area contributed by atoms with Crippen LogP contribution < -0.4 is 0 Å². The Kier molecular flexibility index (Phi) is 11.6. The normalized spacial score (nSPS) is 16.1. The summed E-state index contributed by atoms with van der Waals surface area (Å²) in [6.07, 6.45) is 8.11. The summed E-state index contributed by atoms with van der Waals surface area (Å²) < 4.78 is 15.5. The Hall–Kier alpha value is -6.49. The van der Waals surface area contributed by atoms with Gasteiger partial charge >= 0.3 is 0 Å². The lowest BCUT2D eigenvalue weighted by Crippen LogP contribution is -2.37. The van der Waals surface area contributed by atoms with Crippen LogP contribution in [-0.2, 0) is 9.59 Å². The molecule has 2 unspecified atom stereocenters. The van der Waals surface area contributed by atoms with E-state index in [0.717, 1.165) is 11.1 Å². The van der Waals surface area contributed by atoms with Crippen LogP contribution in [0.2, 0.25) is 0 Å².